The number of fused-ring (bicyclic) bond motifs is 1. The lowest BCUT2D eigenvalue weighted by Crippen LogP contribution is -2.54. The van der Waals surface area contributed by atoms with Gasteiger partial charge in [-0.1, -0.05) is 26.0 Å². The predicted molar refractivity (Wildman–Crippen MR) is 133 cm³/mol. The van der Waals surface area contributed by atoms with Crippen molar-refractivity contribution >= 4 is 17.7 Å². The van der Waals surface area contributed by atoms with Gasteiger partial charge in [0.2, 0.25) is 11.9 Å². The molecular weight excluding hydrogens is 431 g/mol. The lowest BCUT2D eigenvalue weighted by molar-refractivity contribution is -0.121. The van der Waals surface area contributed by atoms with E-state index in [4.69, 9.17) is 9.97 Å². The number of aromatic nitrogens is 2. The van der Waals surface area contributed by atoms with Crippen LogP contribution in [-0.2, 0) is 11.2 Å². The van der Waals surface area contributed by atoms with E-state index in [1.807, 2.05) is 12.1 Å². The summed E-state index contributed by atoms with van der Waals surface area (Å²) < 4.78 is 14.9. The molecule has 0 saturated carbocycles. The van der Waals surface area contributed by atoms with Gasteiger partial charge in [-0.2, -0.15) is 4.98 Å². The number of anilines is 2. The Bertz CT molecular complexity index is 1070. The molecular formula is C26H35FN6O. The number of carbonyl (C=O) groups is 1. The highest BCUT2D eigenvalue weighted by Gasteiger charge is 2.44. The second-order valence-electron chi connectivity index (χ2n) is 10.5. The summed E-state index contributed by atoms with van der Waals surface area (Å²) in [5.74, 6) is 1.75. The van der Waals surface area contributed by atoms with Gasteiger partial charge in [0, 0.05) is 68.8 Å². The number of halogens is 1. The first-order valence-electron chi connectivity index (χ1n) is 12.5. The molecule has 1 amide bonds. The van der Waals surface area contributed by atoms with Crippen molar-refractivity contribution in [3.05, 3.63) is 35.6 Å². The van der Waals surface area contributed by atoms with E-state index in [1.54, 1.807) is 13.1 Å². The third kappa shape index (κ3) is 4.24. The van der Waals surface area contributed by atoms with E-state index >= 15 is 0 Å². The second-order valence-corrected chi connectivity index (χ2v) is 10.5. The minimum atomic E-state index is -0.266. The Morgan fingerprint density at radius 3 is 2.68 bits per heavy atom. The zero-order valence-corrected chi connectivity index (χ0v) is 20.4. The van der Waals surface area contributed by atoms with E-state index in [1.165, 1.54) is 6.07 Å². The van der Waals surface area contributed by atoms with Crippen molar-refractivity contribution in [2.24, 2.45) is 11.3 Å². The molecule has 7 nitrogen and oxygen atoms in total. The Morgan fingerprint density at radius 2 is 2.03 bits per heavy atom. The molecule has 3 aliphatic heterocycles. The quantitative estimate of drug-likeness (QED) is 0.654. The van der Waals surface area contributed by atoms with Gasteiger partial charge >= 0.3 is 0 Å². The van der Waals surface area contributed by atoms with E-state index in [9.17, 15) is 9.18 Å². The van der Waals surface area contributed by atoms with Gasteiger partial charge in [0.1, 0.15) is 11.6 Å². The van der Waals surface area contributed by atoms with Crippen molar-refractivity contribution in [3.63, 3.8) is 0 Å². The van der Waals surface area contributed by atoms with Crippen LogP contribution in [0.1, 0.15) is 38.7 Å². The van der Waals surface area contributed by atoms with Gasteiger partial charge in [-0.15, -0.1) is 0 Å². The average molecular weight is 467 g/mol. The topological polar surface area (TPSA) is 73.4 Å². The SMILES string of the molecule is CNC(=O)CC(CC(C)C)N1CCc2c(-c3ccccc3F)nc(N3CCC4(CNC4)C3)nc21. The highest BCUT2D eigenvalue weighted by atomic mass is 19.1. The summed E-state index contributed by atoms with van der Waals surface area (Å²) in [7, 11) is 1.68. The summed E-state index contributed by atoms with van der Waals surface area (Å²) >= 11 is 0. The molecule has 4 heterocycles. The van der Waals surface area contributed by atoms with Gasteiger partial charge in [0.05, 0.1) is 5.69 Å². The zero-order valence-electron chi connectivity index (χ0n) is 20.4. The van der Waals surface area contributed by atoms with Crippen molar-refractivity contribution in [1.29, 1.82) is 0 Å². The lowest BCUT2D eigenvalue weighted by atomic mass is 9.81. The molecule has 3 aliphatic rings. The van der Waals surface area contributed by atoms with Crippen molar-refractivity contribution < 1.29 is 9.18 Å². The summed E-state index contributed by atoms with van der Waals surface area (Å²) in [6, 6.07) is 6.91. The van der Waals surface area contributed by atoms with Crippen LogP contribution in [0.4, 0.5) is 16.2 Å². The summed E-state index contributed by atoms with van der Waals surface area (Å²) in [5, 5.41) is 6.18. The summed E-state index contributed by atoms with van der Waals surface area (Å²) in [6.45, 7) is 9.01. The minimum absolute atomic E-state index is 0.0293. The van der Waals surface area contributed by atoms with E-state index in [-0.39, 0.29) is 17.8 Å². The molecule has 0 aliphatic carbocycles. The molecule has 2 aromatic rings. The first kappa shape index (κ1) is 23.0. The van der Waals surface area contributed by atoms with Gasteiger partial charge in [-0.3, -0.25) is 4.79 Å². The lowest BCUT2D eigenvalue weighted by Gasteiger charge is -2.39. The van der Waals surface area contributed by atoms with Crippen LogP contribution in [0.3, 0.4) is 0 Å². The molecule has 2 fully saturated rings. The monoisotopic (exact) mass is 466 g/mol. The number of hydrogen-bond donors (Lipinski definition) is 2. The minimum Gasteiger partial charge on any atom is -0.359 e. The molecule has 1 aromatic carbocycles. The van der Waals surface area contributed by atoms with Gasteiger partial charge in [0.25, 0.3) is 0 Å². The first-order chi connectivity index (χ1) is 16.4. The van der Waals surface area contributed by atoms with E-state index < -0.39 is 0 Å². The normalized spacial score (nSPS) is 19.4. The van der Waals surface area contributed by atoms with Gasteiger partial charge < -0.3 is 20.4 Å². The standard InChI is InChI=1S/C26H35FN6O/c1-17(2)12-18(13-22(34)28-3)33-10-8-20-23(19-6-4-5-7-21(19)27)30-25(31-24(20)33)32-11-9-26(16-32)14-29-15-26/h4-7,17-18,29H,8-16H2,1-3H3,(H,28,34). The van der Waals surface area contributed by atoms with Crippen LogP contribution in [0.5, 0.6) is 0 Å². The van der Waals surface area contributed by atoms with E-state index in [2.05, 4.69) is 34.3 Å². The van der Waals surface area contributed by atoms with Crippen LogP contribution in [0.15, 0.2) is 24.3 Å². The fraction of sp³-hybridized carbons (Fsp3) is 0.577. The van der Waals surface area contributed by atoms with Crippen molar-refractivity contribution in [2.45, 2.75) is 45.6 Å². The molecule has 1 aromatic heterocycles. The third-order valence-electron chi connectivity index (χ3n) is 7.58. The molecule has 182 valence electrons. The van der Waals surface area contributed by atoms with Crippen LogP contribution in [0.25, 0.3) is 11.3 Å². The smallest absolute Gasteiger partial charge is 0.227 e. The largest absolute Gasteiger partial charge is 0.359 e. The molecule has 5 rings (SSSR count). The molecule has 2 saturated heterocycles. The number of nitrogens with zero attached hydrogens (tertiary/aromatic N) is 4. The van der Waals surface area contributed by atoms with Gasteiger partial charge in [0.15, 0.2) is 0 Å². The third-order valence-corrected chi connectivity index (χ3v) is 7.58. The van der Waals surface area contributed by atoms with Crippen molar-refractivity contribution in [3.8, 4) is 11.3 Å². The van der Waals surface area contributed by atoms with Crippen LogP contribution in [0, 0.1) is 17.2 Å². The van der Waals surface area contributed by atoms with Crippen LogP contribution < -0.4 is 20.4 Å². The Labute approximate surface area is 201 Å². The second kappa shape index (κ2) is 9.13. The number of hydrogen-bond acceptors (Lipinski definition) is 6. The molecule has 0 radical (unpaired) electrons. The maximum absolute atomic E-state index is 14.9. The number of nitrogens with one attached hydrogen (secondary N) is 2. The average Bonchev–Trinajstić information content (AvgIpc) is 3.43. The molecule has 2 N–H and O–H groups in total. The van der Waals surface area contributed by atoms with Crippen LogP contribution in [0.2, 0.25) is 0 Å². The molecule has 1 spiro atoms. The highest BCUT2D eigenvalue weighted by molar-refractivity contribution is 5.78. The maximum Gasteiger partial charge on any atom is 0.227 e. The predicted octanol–water partition coefficient (Wildman–Crippen LogP) is 3.00. The van der Waals surface area contributed by atoms with E-state index in [0.29, 0.717) is 35.0 Å². The summed E-state index contributed by atoms with van der Waals surface area (Å²) in [4.78, 5) is 26.9. The first-order valence-corrected chi connectivity index (χ1v) is 12.5. The van der Waals surface area contributed by atoms with E-state index in [0.717, 1.165) is 63.4 Å². The summed E-state index contributed by atoms with van der Waals surface area (Å²) in [5.41, 5.74) is 2.50. The molecule has 8 heteroatoms. The molecule has 0 bridgehead atoms. The Kier molecular flexibility index (Phi) is 6.18. The van der Waals surface area contributed by atoms with Gasteiger partial charge in [-0.25, -0.2) is 9.37 Å². The number of amides is 1. The molecule has 1 atom stereocenters. The Hall–Kier alpha value is -2.74. The molecule has 1 unspecified atom stereocenters. The zero-order chi connectivity index (χ0) is 23.9. The fourth-order valence-electron chi connectivity index (χ4n) is 5.69. The number of rotatable bonds is 7. The molecule has 34 heavy (non-hydrogen) atoms. The fourth-order valence-corrected chi connectivity index (χ4v) is 5.69. The number of carbonyl (C=O) groups excluding carboxylic acids is 1. The Morgan fingerprint density at radius 1 is 1.24 bits per heavy atom. The number of benzene rings is 1. The highest BCUT2D eigenvalue weighted by Crippen LogP contribution is 2.41. The van der Waals surface area contributed by atoms with Crippen molar-refractivity contribution in [2.75, 3.05) is 49.6 Å². The maximum atomic E-state index is 14.9. The summed E-state index contributed by atoms with van der Waals surface area (Å²) in [6.07, 6.45) is 3.17. The van der Waals surface area contributed by atoms with Crippen LogP contribution >= 0.6 is 0 Å². The van der Waals surface area contributed by atoms with Crippen molar-refractivity contribution in [1.82, 2.24) is 20.6 Å². The van der Waals surface area contributed by atoms with Gasteiger partial charge in [-0.05, 0) is 37.3 Å². The Balaban J connectivity index is 1.57. The van der Waals surface area contributed by atoms with Crippen LogP contribution in [-0.4, -0.2) is 61.7 Å².